The largest absolute Gasteiger partial charge is 0.443 e. The number of hydrogen-bond donors (Lipinski definition) is 2. The van der Waals surface area contributed by atoms with E-state index in [0.29, 0.717) is 4.77 Å². The van der Waals surface area contributed by atoms with Gasteiger partial charge >= 0.3 is 0 Å². The molecule has 0 aliphatic carbocycles. The van der Waals surface area contributed by atoms with Gasteiger partial charge in [0.15, 0.2) is 16.7 Å². The van der Waals surface area contributed by atoms with E-state index in [-0.39, 0.29) is 0 Å². The number of rotatable bonds is 1. The number of nitrogens with one attached hydrogen (secondary N) is 2. The van der Waals surface area contributed by atoms with Crippen molar-refractivity contribution < 1.29 is 4.42 Å². The molecule has 0 aliphatic heterocycles. The summed E-state index contributed by atoms with van der Waals surface area (Å²) >= 11 is 4.97. The molecule has 74 valence electrons. The van der Waals surface area contributed by atoms with E-state index in [1.54, 1.807) is 0 Å². The highest BCUT2D eigenvalue weighted by atomic mass is 32.1. The highest BCUT2D eigenvalue weighted by Crippen LogP contribution is 2.21. The number of fused-ring (bicyclic) bond motifs is 1. The molecule has 2 aromatic heterocycles. The zero-order valence-electron chi connectivity index (χ0n) is 7.65. The lowest BCUT2D eigenvalue weighted by Gasteiger charge is -1.95. The maximum absolute atomic E-state index is 5.23. The number of aromatic nitrogens is 3. The van der Waals surface area contributed by atoms with Gasteiger partial charge in [-0.05, 0) is 24.4 Å². The van der Waals surface area contributed by atoms with Crippen molar-refractivity contribution in [3.05, 3.63) is 35.6 Å². The van der Waals surface area contributed by atoms with Crippen molar-refractivity contribution in [3.8, 4) is 11.3 Å². The lowest BCUT2D eigenvalue weighted by atomic mass is 10.1. The van der Waals surface area contributed by atoms with E-state index < -0.39 is 0 Å². The molecule has 3 aromatic rings. The second-order valence-electron chi connectivity index (χ2n) is 3.19. The summed E-state index contributed by atoms with van der Waals surface area (Å²) in [7, 11) is 0. The van der Waals surface area contributed by atoms with Gasteiger partial charge in [-0.15, -0.1) is 0 Å². The standard InChI is InChI=1S/C10H7N3OS/c15-10-11-4-8(13-10)6-1-2-7-9(3-6)14-5-12-7/h1-5H,(H2,11,13,15). The van der Waals surface area contributed by atoms with Crippen molar-refractivity contribution >= 4 is 23.3 Å². The van der Waals surface area contributed by atoms with E-state index in [4.69, 9.17) is 16.6 Å². The fourth-order valence-corrected chi connectivity index (χ4v) is 1.68. The summed E-state index contributed by atoms with van der Waals surface area (Å²) in [5.74, 6) is 0. The molecule has 0 atom stereocenters. The SMILES string of the molecule is S=c1[nH]cc(-c2ccc3ncoc3c2)[nH]1. The Hall–Kier alpha value is -1.88. The van der Waals surface area contributed by atoms with Crippen molar-refractivity contribution in [2.24, 2.45) is 0 Å². The van der Waals surface area contributed by atoms with Crippen LogP contribution in [0.3, 0.4) is 0 Å². The zero-order valence-corrected chi connectivity index (χ0v) is 8.47. The second-order valence-corrected chi connectivity index (χ2v) is 3.60. The van der Waals surface area contributed by atoms with E-state index in [9.17, 15) is 0 Å². The van der Waals surface area contributed by atoms with E-state index in [1.165, 1.54) is 6.39 Å². The van der Waals surface area contributed by atoms with Gasteiger partial charge in [0.25, 0.3) is 0 Å². The summed E-state index contributed by atoms with van der Waals surface area (Å²) < 4.78 is 5.84. The first-order valence-corrected chi connectivity index (χ1v) is 4.85. The molecule has 2 N–H and O–H groups in total. The highest BCUT2D eigenvalue weighted by Gasteiger charge is 2.03. The third kappa shape index (κ3) is 1.37. The van der Waals surface area contributed by atoms with E-state index in [2.05, 4.69) is 15.0 Å². The molecule has 0 saturated heterocycles. The first-order chi connectivity index (χ1) is 7.33. The molecule has 0 unspecified atom stereocenters. The molecular formula is C10H7N3OS. The van der Waals surface area contributed by atoms with Gasteiger partial charge in [0.1, 0.15) is 5.52 Å². The predicted molar refractivity (Wildman–Crippen MR) is 59.0 cm³/mol. The lowest BCUT2D eigenvalue weighted by Crippen LogP contribution is -1.76. The summed E-state index contributed by atoms with van der Waals surface area (Å²) in [6.45, 7) is 0. The maximum atomic E-state index is 5.23. The minimum Gasteiger partial charge on any atom is -0.443 e. The fourth-order valence-electron chi connectivity index (χ4n) is 1.51. The van der Waals surface area contributed by atoms with Crippen LogP contribution in [0.15, 0.2) is 35.2 Å². The van der Waals surface area contributed by atoms with Gasteiger partial charge in [0.05, 0.1) is 5.69 Å². The third-order valence-corrected chi connectivity index (χ3v) is 2.46. The Morgan fingerprint density at radius 1 is 1.33 bits per heavy atom. The van der Waals surface area contributed by atoms with Crippen LogP contribution in [0.5, 0.6) is 0 Å². The first-order valence-electron chi connectivity index (χ1n) is 4.44. The summed E-state index contributed by atoms with van der Waals surface area (Å²) in [4.78, 5) is 10.0. The maximum Gasteiger partial charge on any atom is 0.181 e. The topological polar surface area (TPSA) is 57.6 Å². The smallest absolute Gasteiger partial charge is 0.181 e. The van der Waals surface area contributed by atoms with Crippen molar-refractivity contribution in [3.63, 3.8) is 0 Å². The van der Waals surface area contributed by atoms with Crippen LogP contribution in [-0.2, 0) is 0 Å². The van der Waals surface area contributed by atoms with Gasteiger partial charge < -0.3 is 14.4 Å². The predicted octanol–water partition coefficient (Wildman–Crippen LogP) is 2.88. The number of oxazole rings is 1. The molecular weight excluding hydrogens is 210 g/mol. The summed E-state index contributed by atoms with van der Waals surface area (Å²) in [5.41, 5.74) is 3.59. The quantitative estimate of drug-likeness (QED) is 0.616. The van der Waals surface area contributed by atoms with Crippen molar-refractivity contribution in [2.45, 2.75) is 0 Å². The van der Waals surface area contributed by atoms with Gasteiger partial charge in [0.2, 0.25) is 0 Å². The molecule has 0 fully saturated rings. The molecule has 0 aliphatic rings. The van der Waals surface area contributed by atoms with Gasteiger partial charge in [-0.3, -0.25) is 0 Å². The van der Waals surface area contributed by atoms with Gasteiger partial charge in [-0.2, -0.15) is 0 Å². The molecule has 1 aromatic carbocycles. The van der Waals surface area contributed by atoms with Crippen molar-refractivity contribution in [1.29, 1.82) is 0 Å². The normalized spacial score (nSPS) is 10.9. The molecule has 15 heavy (non-hydrogen) atoms. The minimum atomic E-state index is 0.614. The summed E-state index contributed by atoms with van der Waals surface area (Å²) in [5, 5.41) is 0. The Kier molecular flexibility index (Phi) is 1.72. The lowest BCUT2D eigenvalue weighted by molar-refractivity contribution is 0.602. The molecule has 4 nitrogen and oxygen atoms in total. The zero-order chi connectivity index (χ0) is 10.3. The highest BCUT2D eigenvalue weighted by molar-refractivity contribution is 7.71. The second kappa shape index (κ2) is 3.06. The van der Waals surface area contributed by atoms with Crippen LogP contribution < -0.4 is 0 Å². The average Bonchev–Trinajstić information content (AvgIpc) is 2.84. The molecule has 0 radical (unpaired) electrons. The Balaban J connectivity index is 2.22. The Bertz CT molecular complexity index is 664. The van der Waals surface area contributed by atoms with Crippen molar-refractivity contribution in [1.82, 2.24) is 15.0 Å². The number of nitrogens with zero attached hydrogens (tertiary/aromatic N) is 1. The van der Waals surface area contributed by atoms with E-state index >= 15 is 0 Å². The molecule has 3 rings (SSSR count). The Morgan fingerprint density at radius 2 is 2.27 bits per heavy atom. The molecule has 0 saturated carbocycles. The number of aromatic amines is 2. The van der Waals surface area contributed by atoms with Gasteiger partial charge in [-0.25, -0.2) is 4.98 Å². The van der Waals surface area contributed by atoms with Crippen LogP contribution in [0, 0.1) is 4.77 Å². The third-order valence-electron chi connectivity index (χ3n) is 2.24. The summed E-state index contributed by atoms with van der Waals surface area (Å²) in [6.07, 6.45) is 3.27. The Morgan fingerprint density at radius 3 is 3.07 bits per heavy atom. The number of benzene rings is 1. The monoisotopic (exact) mass is 217 g/mol. The number of hydrogen-bond acceptors (Lipinski definition) is 3. The van der Waals surface area contributed by atoms with Crippen LogP contribution in [0.4, 0.5) is 0 Å². The molecule has 0 amide bonds. The molecule has 0 spiro atoms. The average molecular weight is 217 g/mol. The van der Waals surface area contributed by atoms with Crippen LogP contribution in [0.25, 0.3) is 22.4 Å². The molecule has 2 heterocycles. The van der Waals surface area contributed by atoms with Gasteiger partial charge in [-0.1, -0.05) is 6.07 Å². The van der Waals surface area contributed by atoms with E-state index in [0.717, 1.165) is 22.4 Å². The van der Waals surface area contributed by atoms with E-state index in [1.807, 2.05) is 24.4 Å². The van der Waals surface area contributed by atoms with Crippen LogP contribution in [0.1, 0.15) is 0 Å². The fraction of sp³-hybridized carbons (Fsp3) is 0. The van der Waals surface area contributed by atoms with Crippen LogP contribution >= 0.6 is 12.2 Å². The Labute approximate surface area is 90.0 Å². The number of H-pyrrole nitrogens is 2. The molecule has 0 bridgehead atoms. The number of imidazole rings is 1. The van der Waals surface area contributed by atoms with Crippen molar-refractivity contribution in [2.75, 3.05) is 0 Å². The summed E-state index contributed by atoms with van der Waals surface area (Å²) in [6, 6.07) is 5.81. The minimum absolute atomic E-state index is 0.614. The van der Waals surface area contributed by atoms with Crippen LogP contribution in [0.2, 0.25) is 0 Å². The first kappa shape index (κ1) is 8.43. The van der Waals surface area contributed by atoms with Crippen LogP contribution in [-0.4, -0.2) is 15.0 Å². The molecule has 5 heteroatoms. The van der Waals surface area contributed by atoms with Gasteiger partial charge in [0, 0.05) is 11.8 Å².